The van der Waals surface area contributed by atoms with Crippen LogP contribution in [-0.4, -0.2) is 62.3 Å². The SMILES string of the molecule is Cc1cccc(S(=O)(=O)NC[C@H](c2ccc(N(C)C)cc2)[NH+]2CC[NH+](C)CC2)c1. The van der Waals surface area contributed by atoms with Gasteiger partial charge in [-0.2, -0.15) is 0 Å². The van der Waals surface area contributed by atoms with Gasteiger partial charge in [-0.3, -0.25) is 0 Å². The van der Waals surface area contributed by atoms with Crippen LogP contribution in [0.3, 0.4) is 0 Å². The van der Waals surface area contributed by atoms with E-state index in [1.807, 2.05) is 27.1 Å². The minimum Gasteiger partial charge on any atom is -0.378 e. The average molecular weight is 419 g/mol. The first-order valence-electron chi connectivity index (χ1n) is 10.3. The van der Waals surface area contributed by atoms with Crippen LogP contribution in [0.2, 0.25) is 0 Å². The number of likely N-dealkylation sites (N-methyl/N-ethyl adjacent to an activating group) is 1. The van der Waals surface area contributed by atoms with Gasteiger partial charge < -0.3 is 14.7 Å². The second-order valence-corrected chi connectivity index (χ2v) is 10.1. The maximum absolute atomic E-state index is 12.9. The zero-order valence-corrected chi connectivity index (χ0v) is 18.7. The molecule has 2 aromatic rings. The van der Waals surface area contributed by atoms with E-state index in [2.05, 4.69) is 40.9 Å². The molecule has 1 aliphatic heterocycles. The number of quaternary nitrogens is 2. The number of piperazine rings is 1. The Morgan fingerprint density at radius 2 is 1.69 bits per heavy atom. The van der Waals surface area contributed by atoms with Crippen LogP contribution in [0.1, 0.15) is 17.2 Å². The van der Waals surface area contributed by atoms with Gasteiger partial charge in [-0.15, -0.1) is 0 Å². The van der Waals surface area contributed by atoms with Gasteiger partial charge in [-0.1, -0.05) is 24.3 Å². The number of nitrogens with zero attached hydrogens (tertiary/aromatic N) is 1. The maximum Gasteiger partial charge on any atom is 0.240 e. The predicted molar refractivity (Wildman–Crippen MR) is 117 cm³/mol. The summed E-state index contributed by atoms with van der Waals surface area (Å²) < 4.78 is 28.6. The Hall–Kier alpha value is -1.93. The van der Waals surface area contributed by atoms with Crippen LogP contribution < -0.4 is 19.4 Å². The molecule has 0 bridgehead atoms. The van der Waals surface area contributed by atoms with E-state index in [-0.39, 0.29) is 6.04 Å². The maximum atomic E-state index is 12.9. The molecule has 1 heterocycles. The summed E-state index contributed by atoms with van der Waals surface area (Å²) in [5.41, 5.74) is 3.26. The molecule has 3 N–H and O–H groups in total. The van der Waals surface area contributed by atoms with Gasteiger partial charge in [0, 0.05) is 25.3 Å². The average Bonchev–Trinajstić information content (AvgIpc) is 2.70. The summed E-state index contributed by atoms with van der Waals surface area (Å²) in [6.45, 7) is 6.59. The number of anilines is 1. The van der Waals surface area contributed by atoms with Crippen LogP contribution >= 0.6 is 0 Å². The van der Waals surface area contributed by atoms with E-state index < -0.39 is 10.0 Å². The smallest absolute Gasteiger partial charge is 0.240 e. The fourth-order valence-electron chi connectivity index (χ4n) is 3.91. The molecule has 1 atom stereocenters. The minimum absolute atomic E-state index is 0.0962. The van der Waals surface area contributed by atoms with Crippen LogP contribution in [-0.2, 0) is 10.0 Å². The van der Waals surface area contributed by atoms with Crippen molar-refractivity contribution in [2.45, 2.75) is 17.9 Å². The van der Waals surface area contributed by atoms with Crippen LogP contribution in [0, 0.1) is 6.92 Å². The molecule has 0 radical (unpaired) electrons. The first kappa shape index (κ1) is 21.8. The number of rotatable bonds is 7. The molecule has 158 valence electrons. The lowest BCUT2D eigenvalue weighted by molar-refractivity contribution is -1.02. The van der Waals surface area contributed by atoms with Crippen molar-refractivity contribution in [2.24, 2.45) is 0 Å². The van der Waals surface area contributed by atoms with Crippen molar-refractivity contribution in [3.63, 3.8) is 0 Å². The van der Waals surface area contributed by atoms with Gasteiger partial charge in [0.2, 0.25) is 10.0 Å². The highest BCUT2D eigenvalue weighted by molar-refractivity contribution is 7.89. The lowest BCUT2D eigenvalue weighted by Crippen LogP contribution is -3.27. The number of aryl methyl sites for hydroxylation is 1. The fraction of sp³-hybridized carbons (Fsp3) is 0.455. The van der Waals surface area contributed by atoms with Gasteiger partial charge in [0.1, 0.15) is 32.2 Å². The number of hydrogen-bond donors (Lipinski definition) is 3. The van der Waals surface area contributed by atoms with Crippen molar-refractivity contribution >= 4 is 15.7 Å². The quantitative estimate of drug-likeness (QED) is 0.568. The van der Waals surface area contributed by atoms with E-state index >= 15 is 0 Å². The summed E-state index contributed by atoms with van der Waals surface area (Å²) in [5, 5.41) is 0. The predicted octanol–water partition coefficient (Wildman–Crippen LogP) is -0.506. The Balaban J connectivity index is 1.81. The first-order valence-corrected chi connectivity index (χ1v) is 11.7. The third-order valence-corrected chi connectivity index (χ3v) is 7.25. The topological polar surface area (TPSA) is 58.3 Å². The highest BCUT2D eigenvalue weighted by Crippen LogP contribution is 2.17. The Labute approximate surface area is 175 Å². The zero-order valence-electron chi connectivity index (χ0n) is 17.9. The van der Waals surface area contributed by atoms with E-state index in [1.165, 1.54) is 15.4 Å². The van der Waals surface area contributed by atoms with E-state index in [1.54, 1.807) is 18.2 Å². The van der Waals surface area contributed by atoms with Crippen molar-refractivity contribution in [1.29, 1.82) is 0 Å². The molecule has 2 aromatic carbocycles. The Morgan fingerprint density at radius 3 is 2.28 bits per heavy atom. The van der Waals surface area contributed by atoms with Crippen molar-refractivity contribution in [2.75, 3.05) is 58.8 Å². The largest absolute Gasteiger partial charge is 0.378 e. The van der Waals surface area contributed by atoms with Gasteiger partial charge in [0.25, 0.3) is 0 Å². The lowest BCUT2D eigenvalue weighted by atomic mass is 10.0. The highest BCUT2D eigenvalue weighted by atomic mass is 32.2. The van der Waals surface area contributed by atoms with E-state index in [9.17, 15) is 8.42 Å². The standard InChI is InChI=1S/C22H32N4O2S/c1-18-6-5-7-21(16-18)29(27,28)23-17-22(26-14-12-25(4)13-15-26)19-8-10-20(11-9-19)24(2)3/h5-11,16,22-23H,12-15,17H2,1-4H3/p+2/t22-/m1/s1. The third kappa shape index (κ3) is 5.57. The van der Waals surface area contributed by atoms with Crippen LogP contribution in [0.15, 0.2) is 53.4 Å². The van der Waals surface area contributed by atoms with Gasteiger partial charge in [-0.25, -0.2) is 13.1 Å². The first-order chi connectivity index (χ1) is 13.8. The van der Waals surface area contributed by atoms with Crippen LogP contribution in [0.5, 0.6) is 0 Å². The summed E-state index contributed by atoms with van der Waals surface area (Å²) >= 11 is 0. The normalized spacial score (nSPS) is 21.0. The molecule has 1 fully saturated rings. The highest BCUT2D eigenvalue weighted by Gasteiger charge is 2.30. The monoisotopic (exact) mass is 418 g/mol. The summed E-state index contributed by atoms with van der Waals surface area (Å²) in [5.74, 6) is 0. The van der Waals surface area contributed by atoms with Gasteiger partial charge in [-0.05, 0) is 36.8 Å². The molecule has 29 heavy (non-hydrogen) atoms. The van der Waals surface area contributed by atoms with E-state index in [4.69, 9.17) is 0 Å². The number of hydrogen-bond acceptors (Lipinski definition) is 3. The van der Waals surface area contributed by atoms with Crippen molar-refractivity contribution in [3.05, 3.63) is 59.7 Å². The lowest BCUT2D eigenvalue weighted by Gasteiger charge is -2.33. The molecular formula is C22H34N4O2S+2. The molecule has 0 amide bonds. The molecule has 0 unspecified atom stereocenters. The van der Waals surface area contributed by atoms with E-state index in [0.29, 0.717) is 11.4 Å². The van der Waals surface area contributed by atoms with Crippen molar-refractivity contribution in [1.82, 2.24) is 4.72 Å². The molecule has 1 aliphatic rings. The molecule has 1 saturated heterocycles. The third-order valence-electron chi connectivity index (χ3n) is 5.83. The van der Waals surface area contributed by atoms with Crippen molar-refractivity contribution in [3.8, 4) is 0 Å². The van der Waals surface area contributed by atoms with Crippen molar-refractivity contribution < 1.29 is 18.2 Å². The summed E-state index contributed by atoms with van der Waals surface area (Å²) in [4.78, 5) is 5.39. The fourth-order valence-corrected chi connectivity index (χ4v) is 5.06. The molecule has 0 aliphatic carbocycles. The Bertz CT molecular complexity index is 905. The van der Waals surface area contributed by atoms with Gasteiger partial charge in [0.05, 0.1) is 18.5 Å². The molecule has 0 aromatic heterocycles. The number of benzene rings is 2. The summed E-state index contributed by atoms with van der Waals surface area (Å²) in [6, 6.07) is 15.7. The summed E-state index contributed by atoms with van der Waals surface area (Å²) in [7, 11) is 2.74. The van der Waals surface area contributed by atoms with E-state index in [0.717, 1.165) is 37.4 Å². The molecular weight excluding hydrogens is 384 g/mol. The minimum atomic E-state index is -3.53. The van der Waals surface area contributed by atoms with Crippen LogP contribution in [0.4, 0.5) is 5.69 Å². The second kappa shape index (κ2) is 9.26. The van der Waals surface area contributed by atoms with Gasteiger partial charge in [0.15, 0.2) is 0 Å². The van der Waals surface area contributed by atoms with Gasteiger partial charge >= 0.3 is 0 Å². The zero-order chi connectivity index (χ0) is 21.0. The molecule has 0 saturated carbocycles. The Morgan fingerprint density at radius 1 is 1.03 bits per heavy atom. The second-order valence-electron chi connectivity index (χ2n) is 8.32. The molecule has 3 rings (SSSR count). The Kier molecular flexibility index (Phi) is 6.95. The molecule has 7 heteroatoms. The number of nitrogens with one attached hydrogen (secondary N) is 3. The molecule has 0 spiro atoms. The number of sulfonamides is 1. The molecule has 6 nitrogen and oxygen atoms in total. The van der Waals surface area contributed by atoms with Crippen LogP contribution in [0.25, 0.3) is 0 Å². The summed E-state index contributed by atoms with van der Waals surface area (Å²) in [6.07, 6.45) is 0.